The number of aromatic nitrogens is 4. The Hall–Kier alpha value is -1.83. The van der Waals surface area contributed by atoms with Crippen LogP contribution in [0.4, 0.5) is 0 Å². The average Bonchev–Trinajstić information content (AvgIpc) is 3.47. The zero-order valence-electron chi connectivity index (χ0n) is 23.3. The van der Waals surface area contributed by atoms with Gasteiger partial charge < -0.3 is 15.3 Å². The molecular weight excluding hydrogens is 464 g/mol. The molecule has 3 aliphatic rings. The van der Waals surface area contributed by atoms with Crippen molar-refractivity contribution in [3.63, 3.8) is 0 Å². The van der Waals surface area contributed by atoms with Crippen molar-refractivity contribution < 1.29 is 15.3 Å². The molecule has 0 aromatic carbocycles. The summed E-state index contributed by atoms with van der Waals surface area (Å²) in [6.07, 6.45) is 15.0. The minimum atomic E-state index is -0.762. The van der Waals surface area contributed by atoms with Crippen LogP contribution in [-0.4, -0.2) is 53.3 Å². The third kappa shape index (κ3) is 6.43. The number of allylic oxidation sites excluding steroid dienone is 3. The Bertz CT molecular complexity index is 979. The lowest BCUT2D eigenvalue weighted by atomic mass is 9.60. The summed E-state index contributed by atoms with van der Waals surface area (Å²) in [7, 11) is 0. The lowest BCUT2D eigenvalue weighted by Gasteiger charge is -2.44. The van der Waals surface area contributed by atoms with Crippen LogP contribution in [-0.2, 0) is 6.54 Å². The Balaban J connectivity index is 1.41. The molecule has 0 amide bonds. The van der Waals surface area contributed by atoms with Gasteiger partial charge in [-0.2, -0.15) is 0 Å². The Morgan fingerprint density at radius 3 is 2.76 bits per heavy atom. The molecule has 7 atom stereocenters. The third-order valence-electron chi connectivity index (χ3n) is 9.85. The fraction of sp³-hybridized carbons (Fsp3) is 0.767. The molecular formula is C30H48N4O3. The second-order valence-corrected chi connectivity index (χ2v) is 13.0. The van der Waals surface area contributed by atoms with Crippen LogP contribution >= 0.6 is 0 Å². The Kier molecular flexibility index (Phi) is 8.76. The van der Waals surface area contributed by atoms with Gasteiger partial charge in [-0.3, -0.25) is 0 Å². The van der Waals surface area contributed by atoms with Crippen LogP contribution in [0.3, 0.4) is 0 Å². The van der Waals surface area contributed by atoms with Crippen LogP contribution in [0.2, 0.25) is 0 Å². The molecule has 37 heavy (non-hydrogen) atoms. The van der Waals surface area contributed by atoms with Gasteiger partial charge in [-0.15, -0.1) is 5.10 Å². The van der Waals surface area contributed by atoms with Crippen molar-refractivity contribution in [2.45, 2.75) is 116 Å². The van der Waals surface area contributed by atoms with Crippen molar-refractivity contribution >= 4 is 0 Å². The number of hydrogen-bond acceptors (Lipinski definition) is 6. The summed E-state index contributed by atoms with van der Waals surface area (Å²) >= 11 is 0. The van der Waals surface area contributed by atoms with Crippen molar-refractivity contribution in [3.05, 3.63) is 41.8 Å². The van der Waals surface area contributed by atoms with E-state index in [1.807, 2.05) is 13.8 Å². The molecule has 1 aromatic heterocycles. The number of aliphatic hydroxyl groups excluding tert-OH is 2. The van der Waals surface area contributed by atoms with Gasteiger partial charge >= 0.3 is 0 Å². The highest BCUT2D eigenvalue weighted by Crippen LogP contribution is 2.60. The average molecular weight is 513 g/mol. The maximum absolute atomic E-state index is 11.0. The summed E-state index contributed by atoms with van der Waals surface area (Å²) < 4.78 is 1.63. The van der Waals surface area contributed by atoms with Crippen molar-refractivity contribution in [3.8, 4) is 0 Å². The number of fused-ring (bicyclic) bond motifs is 1. The highest BCUT2D eigenvalue weighted by molar-refractivity contribution is 5.39. The normalized spacial score (nSPS) is 35.8. The van der Waals surface area contributed by atoms with Gasteiger partial charge in [0.2, 0.25) is 0 Å². The number of rotatable bonds is 9. The topological polar surface area (TPSA) is 104 Å². The number of aliphatic hydroxyl groups is 3. The van der Waals surface area contributed by atoms with Crippen LogP contribution in [0.1, 0.15) is 91.9 Å². The lowest BCUT2D eigenvalue weighted by Crippen LogP contribution is -2.39. The van der Waals surface area contributed by atoms with E-state index in [1.165, 1.54) is 37.7 Å². The minimum absolute atomic E-state index is 0.270. The molecule has 3 saturated carbocycles. The summed E-state index contributed by atoms with van der Waals surface area (Å²) in [5, 5.41) is 43.1. The van der Waals surface area contributed by atoms with E-state index < -0.39 is 17.8 Å². The SMILES string of the molecule is C=C1/C(=C\C=C2/CCC[C@]3(C)[C@@H]([C@H](C)CCCC(C)(C)O)CC[C@@H]23)C[C@@H](O)[C@H](CCn2cnnn2)[C@@H]1O. The van der Waals surface area contributed by atoms with Crippen molar-refractivity contribution in [2.75, 3.05) is 0 Å². The summed E-state index contributed by atoms with van der Waals surface area (Å²) in [5.74, 6) is 1.73. The standard InChI is InChI=1S/C30H48N4O3/c1-20(8-6-15-29(3,4)37)25-12-13-26-22(9-7-16-30(25,26)5)10-11-23-18-27(35)24(28(36)21(23)2)14-17-34-19-31-32-33-34/h10-11,19-20,24-28,35-37H,2,6-9,12-18H2,1,3-5H3/b22-10+,23-11-/t20-,24+,25-,26+,27-,28-,30-/m1/s1. The quantitative estimate of drug-likeness (QED) is 0.430. The molecule has 1 heterocycles. The fourth-order valence-corrected chi connectivity index (χ4v) is 7.74. The van der Waals surface area contributed by atoms with Crippen molar-refractivity contribution in [2.24, 2.45) is 29.1 Å². The van der Waals surface area contributed by atoms with Crippen molar-refractivity contribution in [1.29, 1.82) is 0 Å². The van der Waals surface area contributed by atoms with Crippen LogP contribution in [0.15, 0.2) is 41.8 Å². The second-order valence-electron chi connectivity index (χ2n) is 13.0. The van der Waals surface area contributed by atoms with Crippen LogP contribution in [0.25, 0.3) is 0 Å². The molecule has 7 heteroatoms. The molecule has 0 bridgehead atoms. The van der Waals surface area contributed by atoms with Crippen LogP contribution < -0.4 is 0 Å². The number of nitrogens with zero attached hydrogens (tertiary/aromatic N) is 4. The lowest BCUT2D eigenvalue weighted by molar-refractivity contribution is 0.0115. The maximum Gasteiger partial charge on any atom is 0.138 e. The van der Waals surface area contributed by atoms with E-state index in [-0.39, 0.29) is 5.92 Å². The van der Waals surface area contributed by atoms with E-state index in [2.05, 4.69) is 48.1 Å². The van der Waals surface area contributed by atoms with Gasteiger partial charge in [0, 0.05) is 12.5 Å². The maximum atomic E-state index is 11.0. The monoisotopic (exact) mass is 512 g/mol. The summed E-state index contributed by atoms with van der Waals surface area (Å²) in [5.41, 5.74) is 2.99. The first-order valence-electron chi connectivity index (χ1n) is 14.4. The zero-order chi connectivity index (χ0) is 26.8. The molecule has 4 rings (SSSR count). The van der Waals surface area contributed by atoms with Gasteiger partial charge in [0.15, 0.2) is 0 Å². The van der Waals surface area contributed by atoms with E-state index in [1.54, 1.807) is 11.0 Å². The largest absolute Gasteiger partial charge is 0.392 e. The molecule has 3 N–H and O–H groups in total. The number of tetrazole rings is 1. The fourth-order valence-electron chi connectivity index (χ4n) is 7.74. The molecule has 0 aliphatic heterocycles. The summed E-state index contributed by atoms with van der Waals surface area (Å²) in [6.45, 7) is 13.5. The molecule has 0 radical (unpaired) electrons. The zero-order valence-corrected chi connectivity index (χ0v) is 23.3. The molecule has 7 nitrogen and oxygen atoms in total. The molecule has 0 unspecified atom stereocenters. The van der Waals surface area contributed by atoms with E-state index in [4.69, 9.17) is 0 Å². The Labute approximate surface area is 222 Å². The third-order valence-corrected chi connectivity index (χ3v) is 9.85. The summed E-state index contributed by atoms with van der Waals surface area (Å²) in [6, 6.07) is 0. The van der Waals surface area contributed by atoms with Gasteiger partial charge in [0.25, 0.3) is 0 Å². The smallest absolute Gasteiger partial charge is 0.138 e. The van der Waals surface area contributed by atoms with Gasteiger partial charge in [-0.05, 0) is 110 Å². The van der Waals surface area contributed by atoms with E-state index in [0.29, 0.717) is 36.6 Å². The summed E-state index contributed by atoms with van der Waals surface area (Å²) in [4.78, 5) is 0. The van der Waals surface area contributed by atoms with Gasteiger partial charge in [-0.25, -0.2) is 4.68 Å². The van der Waals surface area contributed by atoms with Gasteiger partial charge in [0.05, 0.1) is 17.8 Å². The first-order valence-corrected chi connectivity index (χ1v) is 14.4. The van der Waals surface area contributed by atoms with Gasteiger partial charge in [-0.1, -0.05) is 51.0 Å². The first-order chi connectivity index (χ1) is 17.5. The number of aryl methyl sites for hydroxylation is 1. The Morgan fingerprint density at radius 1 is 1.27 bits per heavy atom. The molecule has 3 fully saturated rings. The van der Waals surface area contributed by atoms with E-state index in [0.717, 1.165) is 36.3 Å². The molecule has 0 spiro atoms. The molecule has 0 saturated heterocycles. The highest BCUT2D eigenvalue weighted by Gasteiger charge is 2.50. The highest BCUT2D eigenvalue weighted by atomic mass is 16.3. The van der Waals surface area contributed by atoms with Gasteiger partial charge in [0.1, 0.15) is 6.33 Å². The molecule has 206 valence electrons. The minimum Gasteiger partial charge on any atom is -0.392 e. The van der Waals surface area contributed by atoms with E-state index >= 15 is 0 Å². The predicted molar refractivity (Wildman–Crippen MR) is 145 cm³/mol. The molecule has 1 aromatic rings. The predicted octanol–water partition coefficient (Wildman–Crippen LogP) is 5.01. The van der Waals surface area contributed by atoms with Crippen molar-refractivity contribution in [1.82, 2.24) is 20.2 Å². The number of hydrogen-bond donors (Lipinski definition) is 3. The second kappa shape index (κ2) is 11.5. The van der Waals surface area contributed by atoms with Crippen LogP contribution in [0.5, 0.6) is 0 Å². The van der Waals surface area contributed by atoms with E-state index in [9.17, 15) is 15.3 Å². The molecule has 3 aliphatic carbocycles. The van der Waals surface area contributed by atoms with Crippen LogP contribution in [0, 0.1) is 29.1 Å². The Morgan fingerprint density at radius 2 is 2.05 bits per heavy atom. The first kappa shape index (κ1) is 28.2.